The highest BCUT2D eigenvalue weighted by molar-refractivity contribution is 7.88. The van der Waals surface area contributed by atoms with Crippen LogP contribution >= 0.6 is 0 Å². The number of nitrogens with one attached hydrogen (secondary N) is 8. The molecule has 606 valence electrons. The third kappa shape index (κ3) is 39.5. The lowest BCUT2D eigenvalue weighted by Gasteiger charge is -2.26. The molecule has 0 bridgehead atoms. The fourth-order valence-electron chi connectivity index (χ4n) is 10.4. The summed E-state index contributed by atoms with van der Waals surface area (Å²) in [6.07, 6.45) is 1.81. The second-order valence-electron chi connectivity index (χ2n) is 27.1. The summed E-state index contributed by atoms with van der Waals surface area (Å²) in [7, 11) is -4.44. The summed E-state index contributed by atoms with van der Waals surface area (Å²) in [4.78, 5) is 194. The van der Waals surface area contributed by atoms with Gasteiger partial charge in [0.2, 0.25) is 23.6 Å². The third-order valence-electron chi connectivity index (χ3n) is 16.6. The number of hydrogen-bond acceptors (Lipinski definition) is 23. The molecule has 3 rings (SSSR count). The molecule has 109 heavy (non-hydrogen) atoms. The van der Waals surface area contributed by atoms with Crippen LogP contribution < -0.4 is 52.8 Å². The van der Waals surface area contributed by atoms with Crippen LogP contribution in [0.1, 0.15) is 155 Å². The molecule has 1 heterocycles. The van der Waals surface area contributed by atoms with Gasteiger partial charge in [-0.15, -0.1) is 0 Å². The second-order valence-corrected chi connectivity index (χ2v) is 28.6. The molecular weight excluding hydrogens is 1440 g/mol. The zero-order chi connectivity index (χ0) is 81.0. The van der Waals surface area contributed by atoms with E-state index in [0.717, 1.165) is 9.80 Å². The van der Waals surface area contributed by atoms with E-state index in [9.17, 15) is 80.3 Å². The molecule has 36 heteroatoms. The number of Topliss-reactive ketones (excluding diaryl/α,β-unsaturated/α-hetero) is 2. The van der Waals surface area contributed by atoms with Crippen molar-refractivity contribution in [3.05, 3.63) is 82.9 Å². The Labute approximate surface area is 636 Å². The molecule has 0 unspecified atom stereocenters. The number of primary amides is 2. The Bertz CT molecular complexity index is 3330. The van der Waals surface area contributed by atoms with Crippen LogP contribution in [0.5, 0.6) is 0 Å². The highest BCUT2D eigenvalue weighted by atomic mass is 32.2. The van der Waals surface area contributed by atoms with Gasteiger partial charge in [-0.25, -0.2) is 23.9 Å². The first-order valence-electron chi connectivity index (χ1n) is 36.5. The predicted octanol–water partition coefficient (Wildman–Crippen LogP) is 3.01. The molecule has 1 aliphatic rings. The lowest BCUT2D eigenvalue weighted by atomic mass is 9.90. The standard InChI is InChI=1S/C73H110N12O23S/c1-47(2)55(66(93)80-56(16-12-30-77-70(74)97)58(86)42-51-20-24-53(25-21-51)45-107-68(95)49(5)6)44-64(92)104-39-36-84(73(100)106-41-40-103-38-33-79-109(101,102)83-72(99)105-37-15-32-76-60(88)18-10-9-11-35-85-62(90)28-29-63(85)91)34-14-19-61(89)82-65(48(3)4)67(94)81-57(17-13-31-78-71(75)98)59(87)43-52-22-26-54(27-23-52)46-108-69(96)50(7)8/h20-29,47-50,55-57,65,79H,9-19,30-46H2,1-8H3,(H,76,88)(H,80,93)(H,81,94)(H,82,89)(H,83,99)(H3,74,77,97)(H3,75,78,98)/t55-,56-,57-,65-/m0/s1. The molecule has 0 saturated carbocycles. The summed E-state index contributed by atoms with van der Waals surface area (Å²) < 4.78 is 60.8. The smallest absolute Gasteiger partial charge is 0.421 e. The number of imide groups is 1. The van der Waals surface area contributed by atoms with Crippen LogP contribution in [0.25, 0.3) is 0 Å². The molecule has 2 aromatic carbocycles. The molecule has 12 amide bonds. The maximum Gasteiger partial charge on any atom is 0.421 e. The highest BCUT2D eigenvalue weighted by Crippen LogP contribution is 2.20. The Kier molecular flexibility index (Phi) is 43.1. The number of esters is 3. The topological polar surface area (TPSA) is 500 Å². The van der Waals surface area contributed by atoms with Gasteiger partial charge in [-0.1, -0.05) is 110 Å². The Morgan fingerprint density at radius 1 is 0.495 bits per heavy atom. The number of unbranched alkanes of at least 4 members (excludes halogenated alkanes) is 2. The first kappa shape index (κ1) is 93.1. The molecule has 0 radical (unpaired) electrons. The van der Waals surface area contributed by atoms with Crippen molar-refractivity contribution in [2.24, 2.45) is 41.1 Å². The van der Waals surface area contributed by atoms with Crippen molar-refractivity contribution < 1.29 is 109 Å². The van der Waals surface area contributed by atoms with E-state index in [1.165, 1.54) is 12.2 Å². The lowest BCUT2D eigenvalue weighted by molar-refractivity contribution is -0.149. The van der Waals surface area contributed by atoms with Crippen LogP contribution in [-0.2, 0) is 117 Å². The molecule has 35 nitrogen and oxygen atoms in total. The zero-order valence-corrected chi connectivity index (χ0v) is 64.4. The summed E-state index contributed by atoms with van der Waals surface area (Å²) in [6.45, 7) is 11.7. The van der Waals surface area contributed by atoms with E-state index in [1.807, 2.05) is 0 Å². The first-order valence-corrected chi connectivity index (χ1v) is 38.0. The number of rotatable bonds is 54. The van der Waals surface area contributed by atoms with E-state index >= 15 is 0 Å². The molecule has 4 atom stereocenters. The monoisotopic (exact) mass is 1550 g/mol. The number of nitrogens with zero attached hydrogens (tertiary/aromatic N) is 2. The van der Waals surface area contributed by atoms with Crippen LogP contribution in [0.15, 0.2) is 60.7 Å². The van der Waals surface area contributed by atoms with Crippen molar-refractivity contribution in [1.82, 2.24) is 51.1 Å². The van der Waals surface area contributed by atoms with Gasteiger partial charge in [0, 0.05) is 77.1 Å². The number of ether oxygens (including phenoxy) is 6. The molecule has 0 aliphatic carbocycles. The summed E-state index contributed by atoms with van der Waals surface area (Å²) in [5, 5.41) is 15.8. The highest BCUT2D eigenvalue weighted by Gasteiger charge is 2.32. The Hall–Kier alpha value is -10.1. The molecule has 12 N–H and O–H groups in total. The van der Waals surface area contributed by atoms with E-state index in [0.29, 0.717) is 41.5 Å². The minimum absolute atomic E-state index is 0.0315. The number of benzene rings is 2. The van der Waals surface area contributed by atoms with E-state index in [4.69, 9.17) is 39.9 Å². The van der Waals surface area contributed by atoms with Crippen LogP contribution in [0.2, 0.25) is 0 Å². The zero-order valence-electron chi connectivity index (χ0n) is 63.5. The molecule has 0 aromatic heterocycles. The van der Waals surface area contributed by atoms with Gasteiger partial charge in [0.1, 0.15) is 32.5 Å². The number of amides is 12. The lowest BCUT2D eigenvalue weighted by Crippen LogP contribution is -2.54. The Morgan fingerprint density at radius 2 is 1.01 bits per heavy atom. The van der Waals surface area contributed by atoms with Gasteiger partial charge < -0.3 is 76.7 Å². The van der Waals surface area contributed by atoms with Crippen LogP contribution in [0.4, 0.5) is 19.2 Å². The fraction of sp³-hybridized carbons (Fsp3) is 0.603. The average Bonchev–Trinajstić information content (AvgIpc) is 1.14. The van der Waals surface area contributed by atoms with E-state index < -0.39 is 114 Å². The first-order chi connectivity index (χ1) is 51.6. The molecular formula is C73H110N12O23S. The van der Waals surface area contributed by atoms with Gasteiger partial charge in [0.05, 0.1) is 62.6 Å². The average molecular weight is 1560 g/mol. The minimum Gasteiger partial charge on any atom is -0.464 e. The number of nitrogens with two attached hydrogens (primary N) is 2. The molecule has 2 aromatic rings. The van der Waals surface area contributed by atoms with Crippen molar-refractivity contribution in [3.8, 4) is 0 Å². The van der Waals surface area contributed by atoms with Crippen molar-refractivity contribution in [2.45, 2.75) is 177 Å². The second kappa shape index (κ2) is 50.5. The van der Waals surface area contributed by atoms with Crippen molar-refractivity contribution in [3.63, 3.8) is 0 Å². The van der Waals surface area contributed by atoms with Gasteiger partial charge in [-0.05, 0) is 85.5 Å². The number of carbonyl (C=O) groups excluding carboxylic acids is 15. The van der Waals surface area contributed by atoms with Crippen molar-refractivity contribution >= 4 is 99.4 Å². The third-order valence-corrected chi connectivity index (χ3v) is 17.7. The van der Waals surface area contributed by atoms with E-state index in [1.54, 1.807) is 109 Å². The quantitative estimate of drug-likeness (QED) is 0.0197. The molecule has 0 fully saturated rings. The van der Waals surface area contributed by atoms with Crippen LogP contribution in [0.3, 0.4) is 0 Å². The van der Waals surface area contributed by atoms with Gasteiger partial charge >= 0.3 is 52.4 Å². The predicted molar refractivity (Wildman–Crippen MR) is 394 cm³/mol. The Morgan fingerprint density at radius 3 is 1.52 bits per heavy atom. The largest absolute Gasteiger partial charge is 0.464 e. The summed E-state index contributed by atoms with van der Waals surface area (Å²) >= 11 is 0. The van der Waals surface area contributed by atoms with Crippen molar-refractivity contribution in [1.29, 1.82) is 0 Å². The SMILES string of the molecule is CC(C)C(=O)OCc1ccc(CC(=O)[C@H](CCCNC(N)=O)NC(=O)[C@@H](CC(=O)OCCN(CCCC(=O)N[C@H](C(=O)N[C@@H](CCCNC(N)=O)C(=O)Cc2ccc(COC(=O)C(C)C)cc2)C(C)C)C(=O)OCCOCCNS(=O)(=O)NC(=O)OCCCNC(=O)CCCCCN2C(=O)C=CC2=O)C(C)C)cc1. The molecule has 0 saturated heterocycles. The normalized spacial score (nSPS) is 13.0. The number of hydrogen-bond donors (Lipinski definition) is 10. The van der Waals surface area contributed by atoms with Gasteiger partial charge in [0.25, 0.3) is 11.8 Å². The van der Waals surface area contributed by atoms with E-state index in [2.05, 4.69) is 36.6 Å². The number of urea groups is 2. The van der Waals surface area contributed by atoms with Crippen molar-refractivity contribution in [2.75, 3.05) is 78.8 Å². The van der Waals surface area contributed by atoms with Gasteiger partial charge in [-0.3, -0.25) is 57.6 Å². The Balaban J connectivity index is 1.65. The number of carbonyl (C=O) groups is 15. The summed E-state index contributed by atoms with van der Waals surface area (Å²) in [5.74, 6) is -7.95. The summed E-state index contributed by atoms with van der Waals surface area (Å²) in [6, 6.07) is 8.76. The maximum atomic E-state index is 14.0. The summed E-state index contributed by atoms with van der Waals surface area (Å²) in [5.41, 5.74) is 13.1. The maximum absolute atomic E-state index is 14.0. The van der Waals surface area contributed by atoms with Crippen LogP contribution in [0, 0.1) is 29.6 Å². The minimum atomic E-state index is -4.44. The van der Waals surface area contributed by atoms with Gasteiger partial charge in [-0.2, -0.15) is 13.1 Å². The number of ketones is 2. The van der Waals surface area contributed by atoms with Gasteiger partial charge in [0.15, 0.2) is 11.6 Å². The fourth-order valence-corrected chi connectivity index (χ4v) is 11.1. The van der Waals surface area contributed by atoms with E-state index in [-0.39, 0.29) is 196 Å². The molecule has 0 spiro atoms. The molecule has 1 aliphatic heterocycles. The van der Waals surface area contributed by atoms with Crippen LogP contribution in [-0.4, -0.2) is 204 Å².